The third kappa shape index (κ3) is 3.73. The molecule has 0 fully saturated rings. The van der Waals surface area contributed by atoms with Crippen molar-refractivity contribution in [3.05, 3.63) is 46.7 Å². The molecule has 0 aliphatic heterocycles. The van der Waals surface area contributed by atoms with Crippen LogP contribution < -0.4 is 10.1 Å². The molecule has 3 nitrogen and oxygen atoms in total. The van der Waals surface area contributed by atoms with Crippen molar-refractivity contribution >= 4 is 17.0 Å². The van der Waals surface area contributed by atoms with Gasteiger partial charge in [0.15, 0.2) is 6.61 Å². The maximum Gasteiger partial charge on any atom is 0.174 e. The van der Waals surface area contributed by atoms with Gasteiger partial charge in [0, 0.05) is 10.6 Å². The normalized spacial score (nSPS) is 11.6. The minimum Gasteiger partial charge on any atom is -0.479 e. The maximum atomic E-state index is 8.45. The summed E-state index contributed by atoms with van der Waals surface area (Å²) in [5, 5.41) is 14.1. The van der Waals surface area contributed by atoms with Gasteiger partial charge in [-0.15, -0.1) is 11.3 Å². The summed E-state index contributed by atoms with van der Waals surface area (Å²) < 4.78 is 5.23. The van der Waals surface area contributed by atoms with Crippen molar-refractivity contribution in [1.29, 1.82) is 5.26 Å². The van der Waals surface area contributed by atoms with Crippen molar-refractivity contribution in [3.63, 3.8) is 0 Å². The molecule has 0 spiro atoms. The van der Waals surface area contributed by atoms with Gasteiger partial charge in [-0.3, -0.25) is 0 Å². The van der Waals surface area contributed by atoms with Gasteiger partial charge in [0.1, 0.15) is 11.8 Å². The molecule has 2 rings (SSSR count). The number of nitrogens with zero attached hydrogens (tertiary/aromatic N) is 1. The van der Waals surface area contributed by atoms with E-state index in [-0.39, 0.29) is 6.61 Å². The first-order chi connectivity index (χ1) is 9.33. The molecule has 1 aromatic heterocycles. The molecule has 98 valence electrons. The summed E-state index contributed by atoms with van der Waals surface area (Å²) in [5.74, 6) is 0.719. The maximum absolute atomic E-state index is 8.45. The van der Waals surface area contributed by atoms with Gasteiger partial charge < -0.3 is 10.1 Å². The molecule has 0 amide bonds. The molecule has 0 saturated heterocycles. The van der Waals surface area contributed by atoms with E-state index >= 15 is 0 Å². The van der Waals surface area contributed by atoms with Crippen molar-refractivity contribution < 1.29 is 4.74 Å². The van der Waals surface area contributed by atoms with Crippen LogP contribution in [-0.2, 0) is 0 Å². The molecule has 2 aromatic rings. The molecule has 1 heterocycles. The lowest BCUT2D eigenvalue weighted by atomic mass is 10.1. The highest BCUT2D eigenvalue weighted by Gasteiger charge is 2.09. The number of benzene rings is 1. The summed E-state index contributed by atoms with van der Waals surface area (Å²) in [7, 11) is 0. The second-order valence-electron chi connectivity index (χ2n) is 4.09. The number of ether oxygens (including phenoxy) is 1. The van der Waals surface area contributed by atoms with E-state index in [1.807, 2.05) is 30.3 Å². The first kappa shape index (κ1) is 13.4. The van der Waals surface area contributed by atoms with Crippen molar-refractivity contribution in [3.8, 4) is 11.8 Å². The Labute approximate surface area is 117 Å². The van der Waals surface area contributed by atoms with Crippen LogP contribution in [0.3, 0.4) is 0 Å². The Bertz CT molecular complexity index is 528. The van der Waals surface area contributed by atoms with E-state index in [1.165, 1.54) is 4.88 Å². The first-order valence-electron chi connectivity index (χ1n) is 6.23. The summed E-state index contributed by atoms with van der Waals surface area (Å²) in [6.45, 7) is 2.25. The molecule has 0 bridgehead atoms. The minimum absolute atomic E-state index is 0.0829. The van der Waals surface area contributed by atoms with Crippen LogP contribution in [0.2, 0.25) is 0 Å². The van der Waals surface area contributed by atoms with E-state index in [0.29, 0.717) is 6.04 Å². The van der Waals surface area contributed by atoms with Gasteiger partial charge in [-0.25, -0.2) is 0 Å². The second-order valence-corrected chi connectivity index (χ2v) is 5.07. The molecule has 0 aliphatic carbocycles. The predicted molar refractivity (Wildman–Crippen MR) is 78.5 cm³/mol. The van der Waals surface area contributed by atoms with Gasteiger partial charge in [0.25, 0.3) is 0 Å². The summed E-state index contributed by atoms with van der Waals surface area (Å²) >= 11 is 1.77. The fourth-order valence-corrected chi connectivity index (χ4v) is 2.69. The van der Waals surface area contributed by atoms with Crippen LogP contribution in [0.25, 0.3) is 0 Å². The zero-order valence-electron chi connectivity index (χ0n) is 10.8. The molecule has 0 saturated carbocycles. The fraction of sp³-hybridized carbons (Fsp3) is 0.267. The molecule has 19 heavy (non-hydrogen) atoms. The predicted octanol–water partition coefficient (Wildman–Crippen LogP) is 4.21. The Morgan fingerprint density at radius 2 is 2.11 bits per heavy atom. The van der Waals surface area contributed by atoms with E-state index in [9.17, 15) is 0 Å². The Morgan fingerprint density at radius 3 is 2.68 bits per heavy atom. The largest absolute Gasteiger partial charge is 0.479 e. The van der Waals surface area contributed by atoms with Crippen molar-refractivity contribution in [2.45, 2.75) is 19.4 Å². The molecule has 0 radical (unpaired) electrons. The number of nitriles is 1. The standard InChI is InChI=1S/C15H16N2OS/c1-2-14(15-4-3-11-19-15)17-12-5-7-13(8-6-12)18-10-9-16/h3-8,11,14,17H,2,10H2,1H3. The molecule has 0 aliphatic rings. The molecule has 1 N–H and O–H groups in total. The van der Waals surface area contributed by atoms with Gasteiger partial charge in [-0.2, -0.15) is 5.26 Å². The second kappa shape index (κ2) is 6.81. The molecular weight excluding hydrogens is 256 g/mol. The Morgan fingerprint density at radius 1 is 1.32 bits per heavy atom. The summed E-state index contributed by atoms with van der Waals surface area (Å²) in [6.07, 6.45) is 1.03. The van der Waals surface area contributed by atoms with Crippen molar-refractivity contribution in [1.82, 2.24) is 0 Å². The third-order valence-corrected chi connectivity index (χ3v) is 3.78. The topological polar surface area (TPSA) is 45.0 Å². The highest BCUT2D eigenvalue weighted by molar-refractivity contribution is 7.10. The monoisotopic (exact) mass is 272 g/mol. The van der Waals surface area contributed by atoms with Crippen LogP contribution in [0.15, 0.2) is 41.8 Å². The average molecular weight is 272 g/mol. The van der Waals surface area contributed by atoms with Gasteiger partial charge in [-0.1, -0.05) is 13.0 Å². The number of thiophene rings is 1. The van der Waals surface area contributed by atoms with Crippen LogP contribution in [0, 0.1) is 11.3 Å². The smallest absolute Gasteiger partial charge is 0.174 e. The number of rotatable bonds is 6. The Balaban J connectivity index is 2.00. The highest BCUT2D eigenvalue weighted by Crippen LogP contribution is 2.27. The van der Waals surface area contributed by atoms with Crippen LogP contribution in [0.1, 0.15) is 24.3 Å². The molecular formula is C15H16N2OS. The molecule has 1 unspecified atom stereocenters. The summed E-state index contributed by atoms with van der Waals surface area (Å²) in [5.41, 5.74) is 1.06. The van der Waals surface area contributed by atoms with Crippen LogP contribution in [-0.4, -0.2) is 6.61 Å². The Kier molecular flexibility index (Phi) is 4.82. The van der Waals surface area contributed by atoms with Crippen LogP contribution in [0.4, 0.5) is 5.69 Å². The quantitative estimate of drug-likeness (QED) is 0.856. The van der Waals surface area contributed by atoms with E-state index in [4.69, 9.17) is 10.00 Å². The Hall–Kier alpha value is -1.99. The fourth-order valence-electron chi connectivity index (χ4n) is 1.83. The van der Waals surface area contributed by atoms with E-state index in [1.54, 1.807) is 11.3 Å². The van der Waals surface area contributed by atoms with Crippen molar-refractivity contribution in [2.75, 3.05) is 11.9 Å². The number of anilines is 1. The lowest BCUT2D eigenvalue weighted by Gasteiger charge is -2.17. The third-order valence-electron chi connectivity index (χ3n) is 2.79. The molecule has 1 atom stereocenters. The average Bonchev–Trinajstić information content (AvgIpc) is 2.98. The van der Waals surface area contributed by atoms with Gasteiger partial charge in [-0.05, 0) is 42.1 Å². The zero-order chi connectivity index (χ0) is 13.5. The number of hydrogen-bond acceptors (Lipinski definition) is 4. The molecule has 4 heteroatoms. The van der Waals surface area contributed by atoms with Gasteiger partial charge >= 0.3 is 0 Å². The lowest BCUT2D eigenvalue weighted by Crippen LogP contribution is -2.07. The SMILES string of the molecule is CCC(Nc1ccc(OCC#N)cc1)c1cccs1. The van der Waals surface area contributed by atoms with Gasteiger partial charge in [0.2, 0.25) is 0 Å². The van der Waals surface area contributed by atoms with E-state index < -0.39 is 0 Å². The number of hydrogen-bond donors (Lipinski definition) is 1. The van der Waals surface area contributed by atoms with Crippen molar-refractivity contribution in [2.24, 2.45) is 0 Å². The van der Waals surface area contributed by atoms with Crippen LogP contribution in [0.5, 0.6) is 5.75 Å². The molecule has 1 aromatic carbocycles. The minimum atomic E-state index is 0.0829. The first-order valence-corrected chi connectivity index (χ1v) is 7.11. The lowest BCUT2D eigenvalue weighted by molar-refractivity contribution is 0.368. The summed E-state index contributed by atoms with van der Waals surface area (Å²) in [6, 6.07) is 14.2. The summed E-state index contributed by atoms with van der Waals surface area (Å²) in [4.78, 5) is 1.34. The van der Waals surface area contributed by atoms with Crippen LogP contribution >= 0.6 is 11.3 Å². The van der Waals surface area contributed by atoms with Gasteiger partial charge in [0.05, 0.1) is 6.04 Å². The van der Waals surface area contributed by atoms with E-state index in [0.717, 1.165) is 17.9 Å². The zero-order valence-corrected chi connectivity index (χ0v) is 11.6. The number of nitrogens with one attached hydrogen (secondary N) is 1. The highest BCUT2D eigenvalue weighted by atomic mass is 32.1. The van der Waals surface area contributed by atoms with E-state index in [2.05, 4.69) is 29.8 Å².